The molecule has 0 aromatic heterocycles. The van der Waals surface area contributed by atoms with Crippen molar-refractivity contribution in [3.05, 3.63) is 35.9 Å². The molecule has 0 aliphatic heterocycles. The van der Waals surface area contributed by atoms with Crippen molar-refractivity contribution in [3.8, 4) is 0 Å². The van der Waals surface area contributed by atoms with Crippen LogP contribution in [0.4, 0.5) is 0 Å². The lowest BCUT2D eigenvalue weighted by Crippen LogP contribution is -2.56. The summed E-state index contributed by atoms with van der Waals surface area (Å²) in [5.74, 6) is 2.17. The summed E-state index contributed by atoms with van der Waals surface area (Å²) in [6.07, 6.45) is 12.1. The van der Waals surface area contributed by atoms with Crippen molar-refractivity contribution in [2.75, 3.05) is 0 Å². The molecule has 2 saturated carbocycles. The zero-order valence-electron chi connectivity index (χ0n) is 13.6. The molecule has 4 atom stereocenters. The molecule has 2 N–H and O–H groups in total. The van der Waals surface area contributed by atoms with Crippen molar-refractivity contribution in [2.24, 2.45) is 17.6 Å². The molecule has 1 heteroatoms. The van der Waals surface area contributed by atoms with Gasteiger partial charge in [0, 0.05) is 11.5 Å². The first kappa shape index (κ1) is 15.1. The standard InChI is InChI=1S/C20H31N/c1-2-16-10-6-7-13-18(16)20(21)15-9-8-14-19(20)17-11-4-3-5-12-17/h3-5,11-12,16,18-19H,2,6-10,13-15,21H2,1H3. The lowest BCUT2D eigenvalue weighted by molar-refractivity contribution is 0.0770. The molecule has 116 valence electrons. The molecule has 2 fully saturated rings. The van der Waals surface area contributed by atoms with E-state index in [1.807, 2.05) is 0 Å². The van der Waals surface area contributed by atoms with Crippen LogP contribution >= 0.6 is 0 Å². The van der Waals surface area contributed by atoms with E-state index < -0.39 is 0 Å². The molecule has 2 aliphatic rings. The minimum atomic E-state index is 0.0424. The molecule has 1 nitrogen and oxygen atoms in total. The van der Waals surface area contributed by atoms with Crippen molar-refractivity contribution < 1.29 is 0 Å². The Morgan fingerprint density at radius 2 is 1.71 bits per heavy atom. The van der Waals surface area contributed by atoms with E-state index in [0.29, 0.717) is 5.92 Å². The van der Waals surface area contributed by atoms with Gasteiger partial charge >= 0.3 is 0 Å². The lowest BCUT2D eigenvalue weighted by atomic mass is 9.57. The van der Waals surface area contributed by atoms with E-state index >= 15 is 0 Å². The molecule has 0 bridgehead atoms. The van der Waals surface area contributed by atoms with Crippen LogP contribution in [0.25, 0.3) is 0 Å². The third kappa shape index (κ3) is 2.90. The van der Waals surface area contributed by atoms with Crippen molar-refractivity contribution >= 4 is 0 Å². The molecular weight excluding hydrogens is 254 g/mol. The second-order valence-corrected chi connectivity index (χ2v) is 7.38. The summed E-state index contributed by atoms with van der Waals surface area (Å²) >= 11 is 0. The van der Waals surface area contributed by atoms with Gasteiger partial charge in [0.1, 0.15) is 0 Å². The number of hydrogen-bond acceptors (Lipinski definition) is 1. The topological polar surface area (TPSA) is 26.0 Å². The molecule has 0 heterocycles. The quantitative estimate of drug-likeness (QED) is 0.805. The number of nitrogens with two attached hydrogens (primary N) is 1. The van der Waals surface area contributed by atoms with Gasteiger partial charge in [-0.15, -0.1) is 0 Å². The van der Waals surface area contributed by atoms with Crippen molar-refractivity contribution in [1.29, 1.82) is 0 Å². The van der Waals surface area contributed by atoms with E-state index in [1.165, 1.54) is 63.4 Å². The average molecular weight is 285 g/mol. The van der Waals surface area contributed by atoms with Crippen molar-refractivity contribution in [3.63, 3.8) is 0 Å². The summed E-state index contributed by atoms with van der Waals surface area (Å²) in [6, 6.07) is 11.1. The SMILES string of the molecule is CCC1CCCCC1C1(N)CCCCC1c1ccccc1. The van der Waals surface area contributed by atoms with Crippen LogP contribution in [0.1, 0.15) is 76.2 Å². The summed E-state index contributed by atoms with van der Waals surface area (Å²) in [7, 11) is 0. The van der Waals surface area contributed by atoms with Crippen LogP contribution < -0.4 is 5.73 Å². The smallest absolute Gasteiger partial charge is 0.0255 e. The highest BCUT2D eigenvalue weighted by molar-refractivity contribution is 5.26. The van der Waals surface area contributed by atoms with Crippen LogP contribution in [0, 0.1) is 11.8 Å². The molecule has 0 spiro atoms. The number of rotatable bonds is 3. The minimum Gasteiger partial charge on any atom is -0.324 e. The fourth-order valence-electron chi connectivity index (χ4n) is 5.23. The van der Waals surface area contributed by atoms with Gasteiger partial charge in [0.15, 0.2) is 0 Å². The molecular formula is C20H31N. The highest BCUT2D eigenvalue weighted by atomic mass is 14.8. The maximum absolute atomic E-state index is 7.18. The second-order valence-electron chi connectivity index (χ2n) is 7.38. The molecule has 3 rings (SSSR count). The van der Waals surface area contributed by atoms with E-state index in [0.717, 1.165) is 11.8 Å². The van der Waals surface area contributed by atoms with Gasteiger partial charge < -0.3 is 5.73 Å². The summed E-state index contributed by atoms with van der Waals surface area (Å²) in [4.78, 5) is 0. The molecule has 21 heavy (non-hydrogen) atoms. The maximum Gasteiger partial charge on any atom is 0.0255 e. The van der Waals surface area contributed by atoms with Crippen LogP contribution in [-0.4, -0.2) is 5.54 Å². The molecule has 4 unspecified atom stereocenters. The first-order valence-electron chi connectivity index (χ1n) is 9.09. The van der Waals surface area contributed by atoms with Crippen molar-refractivity contribution in [2.45, 2.75) is 76.2 Å². The molecule has 1 aromatic rings. The Balaban J connectivity index is 1.91. The van der Waals surface area contributed by atoms with Crippen LogP contribution in [0.5, 0.6) is 0 Å². The Morgan fingerprint density at radius 3 is 2.48 bits per heavy atom. The van der Waals surface area contributed by atoms with Gasteiger partial charge in [-0.3, -0.25) is 0 Å². The highest BCUT2D eigenvalue weighted by Crippen LogP contribution is 2.50. The first-order chi connectivity index (χ1) is 10.3. The zero-order chi connectivity index (χ0) is 14.7. The highest BCUT2D eigenvalue weighted by Gasteiger charge is 2.46. The van der Waals surface area contributed by atoms with Gasteiger partial charge in [-0.25, -0.2) is 0 Å². The van der Waals surface area contributed by atoms with Gasteiger partial charge in [0.05, 0.1) is 0 Å². The molecule has 0 saturated heterocycles. The predicted molar refractivity (Wildman–Crippen MR) is 90.3 cm³/mol. The van der Waals surface area contributed by atoms with Crippen LogP contribution in [-0.2, 0) is 0 Å². The Morgan fingerprint density at radius 1 is 1.00 bits per heavy atom. The van der Waals surface area contributed by atoms with E-state index in [1.54, 1.807) is 0 Å². The third-order valence-corrected chi connectivity index (χ3v) is 6.33. The largest absolute Gasteiger partial charge is 0.324 e. The Kier molecular flexibility index (Phi) is 4.69. The predicted octanol–water partition coefficient (Wildman–Crippen LogP) is 5.26. The van der Waals surface area contributed by atoms with Gasteiger partial charge in [-0.05, 0) is 36.7 Å². The third-order valence-electron chi connectivity index (χ3n) is 6.33. The zero-order valence-corrected chi connectivity index (χ0v) is 13.6. The summed E-state index contributed by atoms with van der Waals surface area (Å²) < 4.78 is 0. The molecule has 0 amide bonds. The van der Waals surface area contributed by atoms with E-state index in [9.17, 15) is 0 Å². The monoisotopic (exact) mass is 285 g/mol. The van der Waals surface area contributed by atoms with E-state index in [-0.39, 0.29) is 5.54 Å². The summed E-state index contributed by atoms with van der Waals surface area (Å²) in [5.41, 5.74) is 8.70. The fraction of sp³-hybridized carbons (Fsp3) is 0.700. The molecule has 2 aliphatic carbocycles. The summed E-state index contributed by atoms with van der Waals surface area (Å²) in [6.45, 7) is 2.37. The Bertz CT molecular complexity index is 440. The Hall–Kier alpha value is -0.820. The normalized spacial score (nSPS) is 37.3. The van der Waals surface area contributed by atoms with Crippen LogP contribution in [0.15, 0.2) is 30.3 Å². The Labute approximate surface area is 130 Å². The second kappa shape index (κ2) is 6.52. The van der Waals surface area contributed by atoms with Crippen molar-refractivity contribution in [1.82, 2.24) is 0 Å². The fourth-order valence-corrected chi connectivity index (χ4v) is 5.23. The first-order valence-corrected chi connectivity index (χ1v) is 9.09. The summed E-state index contributed by atoms with van der Waals surface area (Å²) in [5, 5.41) is 0. The van der Waals surface area contributed by atoms with Crippen LogP contribution in [0.3, 0.4) is 0 Å². The number of hydrogen-bond donors (Lipinski definition) is 1. The van der Waals surface area contributed by atoms with E-state index in [4.69, 9.17) is 5.73 Å². The average Bonchev–Trinajstić information content (AvgIpc) is 2.56. The van der Waals surface area contributed by atoms with Gasteiger partial charge in [-0.1, -0.05) is 75.8 Å². The van der Waals surface area contributed by atoms with Gasteiger partial charge in [0.2, 0.25) is 0 Å². The minimum absolute atomic E-state index is 0.0424. The number of benzene rings is 1. The van der Waals surface area contributed by atoms with Crippen LogP contribution in [0.2, 0.25) is 0 Å². The lowest BCUT2D eigenvalue weighted by Gasteiger charge is -2.51. The van der Waals surface area contributed by atoms with Gasteiger partial charge in [-0.2, -0.15) is 0 Å². The van der Waals surface area contributed by atoms with E-state index in [2.05, 4.69) is 37.3 Å². The molecule has 0 radical (unpaired) electrons. The maximum atomic E-state index is 7.18. The molecule has 1 aromatic carbocycles. The van der Waals surface area contributed by atoms with Gasteiger partial charge in [0.25, 0.3) is 0 Å².